The number of rotatable bonds is 4. The molecule has 0 bridgehead atoms. The highest BCUT2D eigenvalue weighted by Gasteiger charge is 2.29. The van der Waals surface area contributed by atoms with Crippen LogP contribution in [0, 0.1) is 0 Å². The Kier molecular flexibility index (Phi) is 5.83. The van der Waals surface area contributed by atoms with E-state index in [4.69, 9.17) is 9.47 Å². The maximum absolute atomic E-state index is 12.0. The minimum Gasteiger partial charge on any atom is -0.444 e. The van der Waals surface area contributed by atoms with E-state index >= 15 is 0 Å². The fourth-order valence-corrected chi connectivity index (χ4v) is 2.70. The third kappa shape index (κ3) is 5.68. The first-order valence-electron chi connectivity index (χ1n) is 8.09. The van der Waals surface area contributed by atoms with Crippen LogP contribution in [0.4, 0.5) is 4.79 Å². The summed E-state index contributed by atoms with van der Waals surface area (Å²) in [5.41, 5.74) is 0.683. The quantitative estimate of drug-likeness (QED) is 0.913. The van der Waals surface area contributed by atoms with Crippen LogP contribution in [0.1, 0.15) is 52.0 Å². The largest absolute Gasteiger partial charge is 0.444 e. The highest BCUT2D eigenvalue weighted by atomic mass is 16.6. The zero-order valence-electron chi connectivity index (χ0n) is 13.8. The molecule has 1 aromatic rings. The second-order valence-corrected chi connectivity index (χ2v) is 6.87. The maximum atomic E-state index is 12.0. The van der Waals surface area contributed by atoms with Gasteiger partial charge in [0.1, 0.15) is 5.60 Å². The first-order valence-corrected chi connectivity index (χ1v) is 8.09. The minimum absolute atomic E-state index is 0.0345. The van der Waals surface area contributed by atoms with Crippen molar-refractivity contribution in [2.45, 2.75) is 70.8 Å². The summed E-state index contributed by atoms with van der Waals surface area (Å²) < 4.78 is 11.4. The molecule has 1 N–H and O–H groups in total. The van der Waals surface area contributed by atoms with Gasteiger partial charge in [-0.05, 0) is 39.2 Å². The zero-order chi connectivity index (χ0) is 16.0. The summed E-state index contributed by atoms with van der Waals surface area (Å²) in [5, 5.41) is 2.98. The van der Waals surface area contributed by atoms with Crippen molar-refractivity contribution in [3.05, 3.63) is 35.9 Å². The van der Waals surface area contributed by atoms with E-state index in [0.29, 0.717) is 6.61 Å². The summed E-state index contributed by atoms with van der Waals surface area (Å²) in [4.78, 5) is 12.0. The number of hydrogen-bond acceptors (Lipinski definition) is 3. The van der Waals surface area contributed by atoms with Gasteiger partial charge in [-0.25, -0.2) is 4.79 Å². The molecule has 1 fully saturated rings. The van der Waals surface area contributed by atoms with E-state index in [1.165, 1.54) is 0 Å². The molecule has 2 atom stereocenters. The molecular weight excluding hydrogens is 278 g/mol. The lowest BCUT2D eigenvalue weighted by Crippen LogP contribution is -2.47. The van der Waals surface area contributed by atoms with E-state index in [2.05, 4.69) is 17.4 Å². The molecule has 1 aromatic carbocycles. The van der Waals surface area contributed by atoms with Crippen LogP contribution in [0.25, 0.3) is 0 Å². The third-order valence-corrected chi connectivity index (χ3v) is 3.71. The third-order valence-electron chi connectivity index (χ3n) is 3.71. The lowest BCUT2D eigenvalue weighted by atomic mass is 9.92. The Hall–Kier alpha value is -1.55. The molecule has 4 nitrogen and oxygen atoms in total. The average molecular weight is 305 g/mol. The number of carbonyl (C=O) groups is 1. The Morgan fingerprint density at radius 2 is 1.86 bits per heavy atom. The van der Waals surface area contributed by atoms with Gasteiger partial charge in [-0.1, -0.05) is 43.2 Å². The second kappa shape index (κ2) is 7.63. The smallest absolute Gasteiger partial charge is 0.407 e. The Morgan fingerprint density at radius 1 is 1.18 bits per heavy atom. The van der Waals surface area contributed by atoms with Gasteiger partial charge in [-0.3, -0.25) is 0 Å². The van der Waals surface area contributed by atoms with Gasteiger partial charge in [0.25, 0.3) is 0 Å². The Balaban J connectivity index is 1.86. The van der Waals surface area contributed by atoms with Gasteiger partial charge >= 0.3 is 6.09 Å². The van der Waals surface area contributed by atoms with E-state index in [9.17, 15) is 4.79 Å². The van der Waals surface area contributed by atoms with Gasteiger partial charge in [0.2, 0.25) is 0 Å². The van der Waals surface area contributed by atoms with E-state index < -0.39 is 5.60 Å². The second-order valence-electron chi connectivity index (χ2n) is 6.87. The summed E-state index contributed by atoms with van der Waals surface area (Å²) in [6, 6.07) is 10.2. The first-order chi connectivity index (χ1) is 10.4. The van der Waals surface area contributed by atoms with Crippen LogP contribution >= 0.6 is 0 Å². The summed E-state index contributed by atoms with van der Waals surface area (Å²) in [7, 11) is 0. The number of benzene rings is 1. The maximum Gasteiger partial charge on any atom is 0.407 e. The summed E-state index contributed by atoms with van der Waals surface area (Å²) in [5.74, 6) is 0. The van der Waals surface area contributed by atoms with Gasteiger partial charge in [-0.2, -0.15) is 0 Å². The molecule has 0 radical (unpaired) electrons. The molecule has 0 heterocycles. The molecule has 0 aromatic heterocycles. The van der Waals surface area contributed by atoms with Crippen molar-refractivity contribution in [3.63, 3.8) is 0 Å². The lowest BCUT2D eigenvalue weighted by molar-refractivity contribution is -0.0113. The zero-order valence-corrected chi connectivity index (χ0v) is 13.8. The van der Waals surface area contributed by atoms with Gasteiger partial charge in [0, 0.05) is 0 Å². The van der Waals surface area contributed by atoms with Crippen LogP contribution in [-0.4, -0.2) is 23.8 Å². The van der Waals surface area contributed by atoms with E-state index in [0.717, 1.165) is 31.2 Å². The lowest BCUT2D eigenvalue weighted by Gasteiger charge is -2.32. The van der Waals surface area contributed by atoms with Crippen LogP contribution in [0.5, 0.6) is 0 Å². The van der Waals surface area contributed by atoms with Crippen molar-refractivity contribution in [3.8, 4) is 0 Å². The van der Waals surface area contributed by atoms with Crippen LogP contribution < -0.4 is 5.32 Å². The Morgan fingerprint density at radius 3 is 2.55 bits per heavy atom. The predicted molar refractivity (Wildman–Crippen MR) is 86.6 cm³/mol. The average Bonchev–Trinajstić information content (AvgIpc) is 2.45. The standard InChI is InChI=1S/C18H27NO3/c1-18(2,3)22-17(20)19-15-11-7-8-12-16(15)21-13-14-9-5-4-6-10-14/h4-6,9-10,15-16H,7-8,11-13H2,1-3H3,(H,19,20). The molecule has 2 unspecified atom stereocenters. The Bertz CT molecular complexity index is 467. The monoisotopic (exact) mass is 305 g/mol. The van der Waals surface area contributed by atoms with Crippen molar-refractivity contribution in [2.75, 3.05) is 0 Å². The number of nitrogens with one attached hydrogen (secondary N) is 1. The minimum atomic E-state index is -0.473. The summed E-state index contributed by atoms with van der Waals surface area (Å²) >= 11 is 0. The van der Waals surface area contributed by atoms with E-state index in [1.807, 2.05) is 39.0 Å². The molecule has 2 rings (SSSR count). The Labute approximate surface area is 133 Å². The van der Waals surface area contributed by atoms with E-state index in [-0.39, 0.29) is 18.2 Å². The van der Waals surface area contributed by atoms with Gasteiger partial charge in [0.15, 0.2) is 0 Å². The number of alkyl carbamates (subject to hydrolysis) is 1. The molecule has 1 saturated carbocycles. The van der Waals surface area contributed by atoms with Gasteiger partial charge < -0.3 is 14.8 Å². The fraction of sp³-hybridized carbons (Fsp3) is 0.611. The molecular formula is C18H27NO3. The normalized spacial score (nSPS) is 22.1. The molecule has 1 amide bonds. The van der Waals surface area contributed by atoms with Crippen molar-refractivity contribution in [1.29, 1.82) is 0 Å². The van der Waals surface area contributed by atoms with Crippen molar-refractivity contribution >= 4 is 6.09 Å². The summed E-state index contributed by atoms with van der Waals surface area (Å²) in [6.07, 6.45) is 3.89. The highest BCUT2D eigenvalue weighted by Crippen LogP contribution is 2.23. The first kappa shape index (κ1) is 16.8. The van der Waals surface area contributed by atoms with E-state index in [1.54, 1.807) is 0 Å². The molecule has 22 heavy (non-hydrogen) atoms. The van der Waals surface area contributed by atoms with Crippen molar-refractivity contribution in [1.82, 2.24) is 5.32 Å². The molecule has 0 aliphatic heterocycles. The van der Waals surface area contributed by atoms with Crippen LogP contribution in [0.15, 0.2) is 30.3 Å². The van der Waals surface area contributed by atoms with Gasteiger partial charge in [0.05, 0.1) is 18.8 Å². The van der Waals surface area contributed by atoms with Crippen LogP contribution in [0.3, 0.4) is 0 Å². The number of amides is 1. The van der Waals surface area contributed by atoms with Crippen LogP contribution in [0.2, 0.25) is 0 Å². The SMILES string of the molecule is CC(C)(C)OC(=O)NC1CCCCC1OCc1ccccc1. The number of ether oxygens (including phenoxy) is 2. The van der Waals surface area contributed by atoms with Gasteiger partial charge in [-0.15, -0.1) is 0 Å². The molecule has 0 saturated heterocycles. The topological polar surface area (TPSA) is 47.6 Å². The molecule has 0 spiro atoms. The van der Waals surface area contributed by atoms with Crippen LogP contribution in [-0.2, 0) is 16.1 Å². The fourth-order valence-electron chi connectivity index (χ4n) is 2.70. The predicted octanol–water partition coefficient (Wildman–Crippen LogP) is 4.04. The summed E-state index contributed by atoms with van der Waals surface area (Å²) in [6.45, 7) is 6.20. The molecule has 4 heteroatoms. The molecule has 1 aliphatic carbocycles. The van der Waals surface area contributed by atoms with Crippen molar-refractivity contribution < 1.29 is 14.3 Å². The molecule has 122 valence electrons. The number of hydrogen-bond donors (Lipinski definition) is 1. The number of carbonyl (C=O) groups excluding carboxylic acids is 1. The van der Waals surface area contributed by atoms with Crippen molar-refractivity contribution in [2.24, 2.45) is 0 Å². The molecule has 1 aliphatic rings. The highest BCUT2D eigenvalue weighted by molar-refractivity contribution is 5.68.